The first-order valence-corrected chi connectivity index (χ1v) is 17.9. The first-order valence-electron chi connectivity index (χ1n) is 17.9. The molecular weight excluding hydrogens is 617 g/mol. The average Bonchev–Trinajstić information content (AvgIpc) is 3.52. The molecule has 0 radical (unpaired) electrons. The van der Waals surface area contributed by atoms with Crippen molar-refractivity contribution >= 4 is 76.9 Å². The second kappa shape index (κ2) is 11.9. The number of hydrogen-bond acceptors (Lipinski definition) is 1. The van der Waals surface area contributed by atoms with Crippen molar-refractivity contribution in [2.24, 2.45) is 5.92 Å². The van der Waals surface area contributed by atoms with Gasteiger partial charge in [-0.15, -0.1) is 0 Å². The van der Waals surface area contributed by atoms with Gasteiger partial charge < -0.3 is 9.47 Å². The molecular formula is C49H36N2. The Balaban J connectivity index is 1.32. The van der Waals surface area contributed by atoms with E-state index in [4.69, 9.17) is 0 Å². The van der Waals surface area contributed by atoms with E-state index in [0.717, 1.165) is 23.5 Å². The molecule has 1 heterocycles. The van der Waals surface area contributed by atoms with Crippen LogP contribution in [0.15, 0.2) is 182 Å². The molecule has 51 heavy (non-hydrogen) atoms. The Hall–Kier alpha value is -6.38. The smallest absolute Gasteiger partial charge is 0.0561 e. The maximum atomic E-state index is 2.50. The Labute approximate surface area is 297 Å². The van der Waals surface area contributed by atoms with Gasteiger partial charge in [-0.1, -0.05) is 153 Å². The predicted octanol–water partition coefficient (Wildman–Crippen LogP) is 13.8. The quantitative estimate of drug-likeness (QED) is 0.168. The van der Waals surface area contributed by atoms with Gasteiger partial charge in [-0.25, -0.2) is 0 Å². The minimum Gasteiger partial charge on any atom is -0.310 e. The number of allylic oxidation sites excluding steroid dienone is 4. The van der Waals surface area contributed by atoms with E-state index in [1.54, 1.807) is 0 Å². The standard InChI is InChI=1S/C49H36N2/c1-33-23-26-36(27-24-33)50-47-22-12-10-20-43(47)44-30-28-37(31-48(44)50)51(46-21-11-9-17-39(46)34-13-3-2-4-14-34)49-32-45-38-16-6-5-15-35(38)25-29-41(45)40-18-7-8-19-42(40)49/h2-23,25-33H,24H2,1H3. The maximum absolute atomic E-state index is 2.50. The summed E-state index contributed by atoms with van der Waals surface area (Å²) in [5.41, 5.74) is 9.46. The summed E-state index contributed by atoms with van der Waals surface area (Å²) in [6.45, 7) is 2.28. The summed E-state index contributed by atoms with van der Waals surface area (Å²) in [5.74, 6) is 0.541. The Bertz CT molecular complexity index is 2850. The normalized spacial score (nSPS) is 14.5. The van der Waals surface area contributed by atoms with E-state index >= 15 is 0 Å². The molecule has 1 unspecified atom stereocenters. The molecule has 242 valence electrons. The van der Waals surface area contributed by atoms with E-state index in [2.05, 4.69) is 198 Å². The molecule has 8 aromatic carbocycles. The number of hydrogen-bond donors (Lipinski definition) is 0. The summed E-state index contributed by atoms with van der Waals surface area (Å²) in [5, 5.41) is 10.0. The first-order chi connectivity index (χ1) is 25.2. The monoisotopic (exact) mass is 652 g/mol. The van der Waals surface area contributed by atoms with Crippen LogP contribution >= 0.6 is 0 Å². The van der Waals surface area contributed by atoms with Gasteiger partial charge in [-0.2, -0.15) is 0 Å². The fraction of sp³-hybridized carbons (Fsp3) is 0.0612. The minimum atomic E-state index is 0.541. The maximum Gasteiger partial charge on any atom is 0.0561 e. The first kappa shape index (κ1) is 29.5. The topological polar surface area (TPSA) is 8.17 Å². The van der Waals surface area contributed by atoms with Crippen LogP contribution in [0.5, 0.6) is 0 Å². The number of aromatic nitrogens is 1. The van der Waals surface area contributed by atoms with Gasteiger partial charge in [0.25, 0.3) is 0 Å². The van der Waals surface area contributed by atoms with Gasteiger partial charge in [-0.05, 0) is 81.2 Å². The van der Waals surface area contributed by atoms with Crippen LogP contribution in [0.1, 0.15) is 13.3 Å². The van der Waals surface area contributed by atoms with Crippen molar-refractivity contribution in [2.45, 2.75) is 13.3 Å². The molecule has 0 saturated heterocycles. The second-order valence-corrected chi connectivity index (χ2v) is 13.8. The third-order valence-electron chi connectivity index (χ3n) is 10.7. The fourth-order valence-corrected chi connectivity index (χ4v) is 8.22. The van der Waals surface area contributed by atoms with Crippen LogP contribution in [0.2, 0.25) is 0 Å². The minimum absolute atomic E-state index is 0.541. The van der Waals surface area contributed by atoms with Gasteiger partial charge in [0.2, 0.25) is 0 Å². The van der Waals surface area contributed by atoms with Crippen LogP contribution in [-0.4, -0.2) is 4.57 Å². The Morgan fingerprint density at radius 2 is 1.18 bits per heavy atom. The zero-order valence-electron chi connectivity index (χ0n) is 28.5. The molecule has 0 aliphatic heterocycles. The lowest BCUT2D eigenvalue weighted by Crippen LogP contribution is -2.12. The van der Waals surface area contributed by atoms with Crippen molar-refractivity contribution in [3.05, 3.63) is 182 Å². The SMILES string of the molecule is CC1C=CC(n2c3ccccc3c3ccc(N(c4ccccc4-c4ccccc4)c4cc5c6ccccc6ccc5c5ccccc45)cc32)=CC1. The molecule has 0 fully saturated rings. The number of benzene rings is 8. The van der Waals surface area contributed by atoms with E-state index in [1.807, 2.05) is 0 Å². The summed E-state index contributed by atoms with van der Waals surface area (Å²) in [4.78, 5) is 2.50. The highest BCUT2D eigenvalue weighted by Gasteiger charge is 2.23. The molecule has 0 amide bonds. The van der Waals surface area contributed by atoms with E-state index in [-0.39, 0.29) is 0 Å². The highest BCUT2D eigenvalue weighted by atomic mass is 15.1. The van der Waals surface area contributed by atoms with Crippen LogP contribution in [0, 0.1) is 5.92 Å². The number of fused-ring (bicyclic) bond motifs is 8. The lowest BCUT2D eigenvalue weighted by Gasteiger charge is -2.30. The number of rotatable bonds is 5. The highest BCUT2D eigenvalue weighted by Crippen LogP contribution is 2.47. The molecule has 0 bridgehead atoms. The lowest BCUT2D eigenvalue weighted by atomic mass is 9.94. The van der Waals surface area contributed by atoms with Gasteiger partial charge in [-0.3, -0.25) is 0 Å². The third-order valence-corrected chi connectivity index (χ3v) is 10.7. The van der Waals surface area contributed by atoms with Crippen molar-refractivity contribution in [2.75, 3.05) is 4.90 Å². The molecule has 9 aromatic rings. The van der Waals surface area contributed by atoms with Crippen LogP contribution < -0.4 is 4.90 Å². The Morgan fingerprint density at radius 3 is 2.02 bits per heavy atom. The van der Waals surface area contributed by atoms with E-state index in [9.17, 15) is 0 Å². The lowest BCUT2D eigenvalue weighted by molar-refractivity contribution is 0.735. The molecule has 1 aromatic heterocycles. The van der Waals surface area contributed by atoms with Crippen molar-refractivity contribution < 1.29 is 0 Å². The van der Waals surface area contributed by atoms with Crippen LogP contribution in [0.4, 0.5) is 17.1 Å². The number of nitrogens with zero attached hydrogens (tertiary/aromatic N) is 2. The largest absolute Gasteiger partial charge is 0.310 e. The zero-order chi connectivity index (χ0) is 33.9. The van der Waals surface area contributed by atoms with Crippen LogP contribution in [0.25, 0.3) is 70.9 Å². The van der Waals surface area contributed by atoms with Crippen molar-refractivity contribution in [3.63, 3.8) is 0 Å². The molecule has 1 aliphatic rings. The third kappa shape index (κ3) is 4.79. The van der Waals surface area contributed by atoms with Crippen molar-refractivity contribution in [1.82, 2.24) is 4.57 Å². The fourth-order valence-electron chi connectivity index (χ4n) is 8.22. The molecule has 0 saturated carbocycles. The number of anilines is 3. The summed E-state index contributed by atoms with van der Waals surface area (Å²) in [6, 6.07) is 60.1. The summed E-state index contributed by atoms with van der Waals surface area (Å²) < 4.78 is 2.46. The van der Waals surface area contributed by atoms with Crippen molar-refractivity contribution in [3.8, 4) is 11.1 Å². The van der Waals surface area contributed by atoms with Crippen LogP contribution in [0.3, 0.4) is 0 Å². The molecule has 1 atom stereocenters. The molecule has 1 aliphatic carbocycles. The van der Waals surface area contributed by atoms with Gasteiger partial charge in [0.15, 0.2) is 0 Å². The van der Waals surface area contributed by atoms with Gasteiger partial charge >= 0.3 is 0 Å². The predicted molar refractivity (Wildman–Crippen MR) is 219 cm³/mol. The summed E-state index contributed by atoms with van der Waals surface area (Å²) >= 11 is 0. The molecule has 0 N–H and O–H groups in total. The van der Waals surface area contributed by atoms with Crippen LogP contribution in [-0.2, 0) is 0 Å². The van der Waals surface area contributed by atoms with Gasteiger partial charge in [0.05, 0.1) is 22.4 Å². The van der Waals surface area contributed by atoms with Gasteiger partial charge in [0.1, 0.15) is 0 Å². The van der Waals surface area contributed by atoms with E-state index < -0.39 is 0 Å². The highest BCUT2D eigenvalue weighted by molar-refractivity contribution is 6.22. The average molecular weight is 653 g/mol. The van der Waals surface area contributed by atoms with E-state index in [0.29, 0.717) is 5.92 Å². The summed E-state index contributed by atoms with van der Waals surface area (Å²) in [7, 11) is 0. The Morgan fingerprint density at radius 1 is 0.510 bits per heavy atom. The van der Waals surface area contributed by atoms with Gasteiger partial charge in [0, 0.05) is 33.1 Å². The molecule has 2 nitrogen and oxygen atoms in total. The zero-order valence-corrected chi connectivity index (χ0v) is 28.5. The molecule has 10 rings (SSSR count). The second-order valence-electron chi connectivity index (χ2n) is 13.8. The molecule has 2 heteroatoms. The summed E-state index contributed by atoms with van der Waals surface area (Å²) in [6.07, 6.45) is 8.08. The van der Waals surface area contributed by atoms with E-state index in [1.165, 1.54) is 70.9 Å². The number of para-hydroxylation sites is 2. The van der Waals surface area contributed by atoms with Crippen molar-refractivity contribution in [1.29, 1.82) is 0 Å². The Kier molecular flexibility index (Phi) is 6.89. The molecule has 0 spiro atoms.